The zero-order valence-corrected chi connectivity index (χ0v) is 21.5. The number of benzene rings is 7. The first-order valence-corrected chi connectivity index (χ1v) is 13.6. The van der Waals surface area contributed by atoms with Gasteiger partial charge in [-0.15, -0.1) is 0 Å². The molecular weight excluding hydrogens is 488 g/mol. The lowest BCUT2D eigenvalue weighted by molar-refractivity contribution is 0.487. The van der Waals surface area contributed by atoms with Crippen molar-refractivity contribution in [2.75, 3.05) is 0 Å². The van der Waals surface area contributed by atoms with Crippen LogP contribution in [0, 0.1) is 0 Å². The summed E-state index contributed by atoms with van der Waals surface area (Å²) in [6.45, 7) is 0. The first-order valence-electron chi connectivity index (χ1n) is 13.6. The Labute approximate surface area is 230 Å². The second-order valence-electron chi connectivity index (χ2n) is 10.5. The summed E-state index contributed by atoms with van der Waals surface area (Å²) in [5.41, 5.74) is 8.83. The van der Waals surface area contributed by atoms with Gasteiger partial charge in [0.1, 0.15) is 22.7 Å². The Balaban J connectivity index is 1.30. The molecule has 40 heavy (non-hydrogen) atoms. The van der Waals surface area contributed by atoms with Crippen molar-refractivity contribution in [3.8, 4) is 44.9 Å². The Morgan fingerprint density at radius 3 is 2.00 bits per heavy atom. The van der Waals surface area contributed by atoms with Crippen LogP contribution in [0.5, 0.6) is 11.5 Å². The van der Waals surface area contributed by atoms with Crippen LogP contribution >= 0.6 is 0 Å². The summed E-state index contributed by atoms with van der Waals surface area (Å²) >= 11 is 0. The van der Waals surface area contributed by atoms with Gasteiger partial charge in [-0.2, -0.15) is 0 Å². The molecule has 2 heterocycles. The molecule has 0 fully saturated rings. The van der Waals surface area contributed by atoms with Crippen molar-refractivity contribution < 1.29 is 9.15 Å². The average Bonchev–Trinajstić information content (AvgIpc) is 3.41. The summed E-state index contributed by atoms with van der Waals surface area (Å²) in [4.78, 5) is 0. The molecule has 8 aromatic rings. The topological polar surface area (TPSA) is 22.4 Å². The van der Waals surface area contributed by atoms with Crippen LogP contribution in [-0.4, -0.2) is 0 Å². The van der Waals surface area contributed by atoms with Gasteiger partial charge in [-0.25, -0.2) is 0 Å². The summed E-state index contributed by atoms with van der Waals surface area (Å²) in [6.07, 6.45) is 0. The average molecular weight is 511 g/mol. The largest absolute Gasteiger partial charge is 0.456 e. The molecule has 0 aliphatic carbocycles. The van der Waals surface area contributed by atoms with E-state index in [9.17, 15) is 0 Å². The van der Waals surface area contributed by atoms with E-state index in [-0.39, 0.29) is 0 Å². The highest BCUT2D eigenvalue weighted by atomic mass is 16.5. The predicted molar refractivity (Wildman–Crippen MR) is 165 cm³/mol. The quantitative estimate of drug-likeness (QED) is 0.231. The van der Waals surface area contributed by atoms with Gasteiger partial charge in [0, 0.05) is 21.7 Å². The molecular formula is C38H22O2. The summed E-state index contributed by atoms with van der Waals surface area (Å²) in [7, 11) is 0. The zero-order chi connectivity index (χ0) is 26.2. The third-order valence-corrected chi connectivity index (χ3v) is 8.27. The number of hydrogen-bond donors (Lipinski definition) is 0. The molecule has 0 atom stereocenters. The van der Waals surface area contributed by atoms with E-state index in [1.54, 1.807) is 0 Å². The molecule has 9 rings (SSSR count). The van der Waals surface area contributed by atoms with E-state index in [1.807, 2.05) is 0 Å². The van der Waals surface area contributed by atoms with E-state index in [0.29, 0.717) is 0 Å². The molecule has 0 saturated carbocycles. The Hall–Kier alpha value is -5.34. The molecule has 0 amide bonds. The maximum atomic E-state index is 6.39. The van der Waals surface area contributed by atoms with Crippen LogP contribution in [0.2, 0.25) is 0 Å². The van der Waals surface area contributed by atoms with Crippen molar-refractivity contribution >= 4 is 43.5 Å². The molecule has 0 bridgehead atoms. The second-order valence-corrected chi connectivity index (χ2v) is 10.5. The predicted octanol–water partition coefficient (Wildman–Crippen LogP) is 11.0. The molecule has 7 aromatic carbocycles. The Kier molecular flexibility index (Phi) is 4.36. The zero-order valence-electron chi connectivity index (χ0n) is 21.5. The lowest BCUT2D eigenvalue weighted by Crippen LogP contribution is -1.97. The van der Waals surface area contributed by atoms with Crippen LogP contribution in [0.3, 0.4) is 0 Å². The molecule has 186 valence electrons. The molecule has 0 spiro atoms. The normalized spacial score (nSPS) is 12.2. The van der Waals surface area contributed by atoms with E-state index >= 15 is 0 Å². The van der Waals surface area contributed by atoms with E-state index in [1.165, 1.54) is 49.2 Å². The van der Waals surface area contributed by atoms with Gasteiger partial charge in [0.05, 0.1) is 0 Å². The van der Waals surface area contributed by atoms with Gasteiger partial charge in [0.25, 0.3) is 0 Å². The van der Waals surface area contributed by atoms with Gasteiger partial charge >= 0.3 is 0 Å². The van der Waals surface area contributed by atoms with E-state index in [2.05, 4.69) is 133 Å². The van der Waals surface area contributed by atoms with E-state index in [0.717, 1.165) is 39.2 Å². The van der Waals surface area contributed by atoms with Crippen molar-refractivity contribution in [1.29, 1.82) is 0 Å². The van der Waals surface area contributed by atoms with E-state index < -0.39 is 0 Å². The molecule has 1 aliphatic rings. The van der Waals surface area contributed by atoms with Gasteiger partial charge in [-0.1, -0.05) is 103 Å². The van der Waals surface area contributed by atoms with Crippen LogP contribution in [-0.2, 0) is 0 Å². The van der Waals surface area contributed by atoms with Crippen molar-refractivity contribution in [3.05, 3.63) is 133 Å². The van der Waals surface area contributed by atoms with Crippen molar-refractivity contribution in [1.82, 2.24) is 0 Å². The van der Waals surface area contributed by atoms with Gasteiger partial charge in [-0.05, 0) is 74.3 Å². The fourth-order valence-electron chi connectivity index (χ4n) is 6.51. The number of furan rings is 1. The first-order chi connectivity index (χ1) is 19.8. The molecule has 0 unspecified atom stereocenters. The molecule has 1 aliphatic heterocycles. The summed E-state index contributed by atoms with van der Waals surface area (Å²) < 4.78 is 12.8. The monoisotopic (exact) mass is 510 g/mol. The standard InChI is InChI=1S/C38H22O2/c1-2-12-27-23(8-1)18-21-35-37(27)38-29(15-7-17-34(38)40-35)28-13-4-3-11-26(28)25-19-20-32-31(22-25)30-14-5-9-24-10-6-16-33(39-32)36(24)30/h1-22H. The minimum absolute atomic E-state index is 0.891. The molecule has 0 radical (unpaired) electrons. The van der Waals surface area contributed by atoms with Crippen molar-refractivity contribution in [3.63, 3.8) is 0 Å². The third-order valence-electron chi connectivity index (χ3n) is 8.27. The number of rotatable bonds is 2. The Morgan fingerprint density at radius 1 is 0.375 bits per heavy atom. The second kappa shape index (κ2) is 8.08. The first kappa shape index (κ1) is 21.6. The summed E-state index contributed by atoms with van der Waals surface area (Å²) in [5.74, 6) is 1.81. The lowest BCUT2D eigenvalue weighted by Gasteiger charge is -2.22. The maximum absolute atomic E-state index is 6.39. The van der Waals surface area contributed by atoms with Crippen LogP contribution in [0.1, 0.15) is 0 Å². The van der Waals surface area contributed by atoms with Crippen LogP contribution in [0.4, 0.5) is 0 Å². The van der Waals surface area contributed by atoms with Crippen LogP contribution in [0.25, 0.3) is 76.9 Å². The number of hydrogen-bond acceptors (Lipinski definition) is 2. The maximum Gasteiger partial charge on any atom is 0.136 e. The highest BCUT2D eigenvalue weighted by Gasteiger charge is 2.22. The number of fused-ring (bicyclic) bond motifs is 7. The number of ether oxygens (including phenoxy) is 1. The van der Waals surface area contributed by atoms with Crippen molar-refractivity contribution in [2.24, 2.45) is 0 Å². The Morgan fingerprint density at radius 2 is 1.07 bits per heavy atom. The molecule has 2 nitrogen and oxygen atoms in total. The fraction of sp³-hybridized carbons (Fsp3) is 0. The molecule has 2 heteroatoms. The van der Waals surface area contributed by atoms with Gasteiger partial charge < -0.3 is 9.15 Å². The third kappa shape index (κ3) is 2.99. The molecule has 1 aromatic heterocycles. The lowest BCUT2D eigenvalue weighted by atomic mass is 9.88. The minimum Gasteiger partial charge on any atom is -0.456 e. The SMILES string of the molecule is c1ccc(-c2cccc3oc4ccc5ccccc5c4c23)c(-c2ccc3c(c2)-c2cccc4cccc(c24)O3)c1. The molecule has 0 saturated heterocycles. The smallest absolute Gasteiger partial charge is 0.136 e. The van der Waals surface area contributed by atoms with Crippen LogP contribution < -0.4 is 4.74 Å². The highest BCUT2D eigenvalue weighted by Crippen LogP contribution is 2.49. The van der Waals surface area contributed by atoms with Gasteiger partial charge in [0.2, 0.25) is 0 Å². The summed E-state index contributed by atoms with van der Waals surface area (Å²) in [5, 5.41) is 7.11. The molecule has 0 N–H and O–H groups in total. The summed E-state index contributed by atoms with van der Waals surface area (Å²) in [6, 6.07) is 47.1. The van der Waals surface area contributed by atoms with Crippen molar-refractivity contribution in [2.45, 2.75) is 0 Å². The highest BCUT2D eigenvalue weighted by molar-refractivity contribution is 6.23. The Bertz CT molecular complexity index is 2300. The van der Waals surface area contributed by atoms with E-state index in [4.69, 9.17) is 9.15 Å². The minimum atomic E-state index is 0.891. The fourth-order valence-corrected chi connectivity index (χ4v) is 6.51. The van der Waals surface area contributed by atoms with Gasteiger partial charge in [0.15, 0.2) is 0 Å². The van der Waals surface area contributed by atoms with Gasteiger partial charge in [-0.3, -0.25) is 0 Å². The van der Waals surface area contributed by atoms with Crippen LogP contribution in [0.15, 0.2) is 138 Å².